The first kappa shape index (κ1) is 40.2. The maximum atomic E-state index is 12.5. The van der Waals surface area contributed by atoms with Gasteiger partial charge in [-0.2, -0.15) is 0 Å². The number of hydrogen-bond acceptors (Lipinski definition) is 16. The Hall–Kier alpha value is -4.97. The lowest BCUT2D eigenvalue weighted by molar-refractivity contribution is -0.304. The van der Waals surface area contributed by atoms with E-state index in [1.165, 1.54) is 53.8 Å². The Balaban J connectivity index is 1.33. The molecule has 0 bridgehead atoms. The van der Waals surface area contributed by atoms with Crippen molar-refractivity contribution in [3.8, 4) is 46.0 Å². The number of aromatic hydroxyl groups is 3. The largest absolute Gasteiger partial charge is 0.504 e. The molecule has 0 aromatic heterocycles. The van der Waals surface area contributed by atoms with Crippen LogP contribution in [0.5, 0.6) is 46.0 Å². The molecule has 5 rings (SSSR count). The fourth-order valence-corrected chi connectivity index (χ4v) is 6.52. The van der Waals surface area contributed by atoms with Crippen molar-refractivity contribution >= 4 is 12.0 Å². The molecule has 2 fully saturated rings. The average molecular weight is 759 g/mol. The standard InChI is InChI=1S/C38H46O16/c1-46-25-11-19(6-8-24(25)39)7-9-31(40)51-18-30-34(43)35(44)36(45)38(54-30)53-17-23-22(10-20-12-26(47-2)32(41)27(13-20)48-3)16-52-37(23)21-14-28(49-4)33(42)29(15-21)50-5/h6-9,11-15,22-23,30,34-39,41-45H,10,16-18H2,1-5H3/b9-7+/t22-,23-,30+,34+,35-,36+,37+,38+/m0/s1. The van der Waals surface area contributed by atoms with E-state index in [9.17, 15) is 35.4 Å². The van der Waals surface area contributed by atoms with E-state index in [0.717, 1.165) is 11.6 Å². The molecular weight excluding hydrogens is 712 g/mol. The third kappa shape index (κ3) is 8.86. The summed E-state index contributed by atoms with van der Waals surface area (Å²) in [5.41, 5.74) is 1.90. The van der Waals surface area contributed by atoms with Crippen molar-refractivity contribution in [2.45, 2.75) is 43.2 Å². The first-order chi connectivity index (χ1) is 25.9. The van der Waals surface area contributed by atoms with Crippen LogP contribution in [0.1, 0.15) is 22.8 Å². The summed E-state index contributed by atoms with van der Waals surface area (Å²) in [5.74, 6) is -0.921. The number of aliphatic hydroxyl groups excluding tert-OH is 3. The number of rotatable bonds is 15. The van der Waals surface area contributed by atoms with Crippen molar-refractivity contribution < 1.29 is 78.1 Å². The molecule has 0 aliphatic carbocycles. The number of ether oxygens (including phenoxy) is 9. The summed E-state index contributed by atoms with van der Waals surface area (Å²) in [7, 11) is 7.06. The van der Waals surface area contributed by atoms with E-state index in [0.29, 0.717) is 17.5 Å². The lowest BCUT2D eigenvalue weighted by Gasteiger charge is -2.40. The van der Waals surface area contributed by atoms with Crippen molar-refractivity contribution in [3.63, 3.8) is 0 Å². The van der Waals surface area contributed by atoms with Gasteiger partial charge in [0.25, 0.3) is 0 Å². The number of aliphatic hydroxyl groups is 3. The smallest absolute Gasteiger partial charge is 0.330 e. The van der Waals surface area contributed by atoms with Gasteiger partial charge in [-0.1, -0.05) is 6.07 Å². The number of hydrogen-bond donors (Lipinski definition) is 6. The summed E-state index contributed by atoms with van der Waals surface area (Å²) in [6, 6.07) is 11.1. The molecule has 54 heavy (non-hydrogen) atoms. The molecule has 16 heteroatoms. The first-order valence-corrected chi connectivity index (χ1v) is 17.0. The van der Waals surface area contributed by atoms with Crippen molar-refractivity contribution in [1.29, 1.82) is 0 Å². The van der Waals surface area contributed by atoms with Crippen LogP contribution in [0, 0.1) is 11.8 Å². The molecule has 6 N–H and O–H groups in total. The zero-order chi connectivity index (χ0) is 39.1. The van der Waals surface area contributed by atoms with Gasteiger partial charge in [-0.3, -0.25) is 0 Å². The number of methoxy groups -OCH3 is 5. The zero-order valence-corrected chi connectivity index (χ0v) is 30.4. The highest BCUT2D eigenvalue weighted by atomic mass is 16.7. The summed E-state index contributed by atoms with van der Waals surface area (Å²) in [4.78, 5) is 12.5. The fourth-order valence-electron chi connectivity index (χ4n) is 6.52. The Morgan fingerprint density at radius 1 is 0.759 bits per heavy atom. The highest BCUT2D eigenvalue weighted by Crippen LogP contribution is 2.47. The van der Waals surface area contributed by atoms with Gasteiger partial charge in [0, 0.05) is 12.0 Å². The summed E-state index contributed by atoms with van der Waals surface area (Å²) in [6.07, 6.45) is -5.39. The van der Waals surface area contributed by atoms with Crippen LogP contribution < -0.4 is 23.7 Å². The van der Waals surface area contributed by atoms with Crippen LogP contribution in [-0.2, 0) is 30.2 Å². The Morgan fingerprint density at radius 3 is 1.94 bits per heavy atom. The van der Waals surface area contributed by atoms with Crippen LogP contribution in [0.2, 0.25) is 0 Å². The van der Waals surface area contributed by atoms with Gasteiger partial charge in [0.2, 0.25) is 11.5 Å². The van der Waals surface area contributed by atoms with Gasteiger partial charge >= 0.3 is 5.97 Å². The van der Waals surface area contributed by atoms with Gasteiger partial charge in [0.15, 0.2) is 40.8 Å². The second kappa shape index (κ2) is 17.9. The van der Waals surface area contributed by atoms with Gasteiger partial charge in [0.05, 0.1) is 54.9 Å². The predicted molar refractivity (Wildman–Crippen MR) is 189 cm³/mol. The van der Waals surface area contributed by atoms with Crippen LogP contribution in [-0.4, -0.2) is 123 Å². The minimum atomic E-state index is -1.71. The minimum absolute atomic E-state index is 0.0656. The Morgan fingerprint density at radius 2 is 1.35 bits per heavy atom. The van der Waals surface area contributed by atoms with Gasteiger partial charge < -0.3 is 73.3 Å². The number of carbonyl (C=O) groups is 1. The Labute approximate surface area is 311 Å². The summed E-state index contributed by atoms with van der Waals surface area (Å²) in [6.45, 7) is -0.334. The van der Waals surface area contributed by atoms with Crippen molar-refractivity contribution in [2.24, 2.45) is 11.8 Å². The first-order valence-electron chi connectivity index (χ1n) is 17.0. The Bertz CT molecular complexity index is 1730. The topological polar surface area (TPSA) is 222 Å². The molecule has 16 nitrogen and oxygen atoms in total. The van der Waals surface area contributed by atoms with Crippen LogP contribution in [0.25, 0.3) is 6.08 Å². The van der Waals surface area contributed by atoms with Crippen molar-refractivity contribution in [1.82, 2.24) is 0 Å². The number of phenolic OH excluding ortho intramolecular Hbond substituents is 3. The van der Waals surface area contributed by atoms with Crippen molar-refractivity contribution in [3.05, 3.63) is 65.2 Å². The molecule has 0 saturated carbocycles. The van der Waals surface area contributed by atoms with E-state index < -0.39 is 55.3 Å². The molecule has 2 saturated heterocycles. The van der Waals surface area contributed by atoms with E-state index in [2.05, 4.69) is 0 Å². The lowest BCUT2D eigenvalue weighted by atomic mass is 9.84. The highest BCUT2D eigenvalue weighted by molar-refractivity contribution is 5.87. The predicted octanol–water partition coefficient (Wildman–Crippen LogP) is 2.47. The lowest BCUT2D eigenvalue weighted by Crippen LogP contribution is -2.59. The SMILES string of the molecule is COc1cc(/C=C/C(=O)OC[C@H]2O[C@@H](OC[C@H]3[C@@H](Cc4cc(OC)c(O)c(OC)c4)CO[C@@H]3c3cc(OC)c(O)c(OC)c3)[C@H](O)[C@@H](O)[C@@H]2O)ccc1O. The molecule has 2 aliphatic heterocycles. The third-order valence-corrected chi connectivity index (χ3v) is 9.48. The molecule has 3 aromatic carbocycles. The van der Waals surface area contributed by atoms with Crippen LogP contribution in [0.3, 0.4) is 0 Å². The minimum Gasteiger partial charge on any atom is -0.504 e. The molecule has 0 radical (unpaired) electrons. The van der Waals surface area contributed by atoms with Crippen LogP contribution in [0.4, 0.5) is 0 Å². The molecule has 0 amide bonds. The molecule has 2 aliphatic rings. The second-order valence-corrected chi connectivity index (χ2v) is 12.7. The molecule has 8 atom stereocenters. The number of carbonyl (C=O) groups excluding carboxylic acids is 1. The third-order valence-electron chi connectivity index (χ3n) is 9.48. The highest BCUT2D eigenvalue weighted by Gasteiger charge is 2.46. The number of benzene rings is 3. The number of phenols is 3. The summed E-state index contributed by atoms with van der Waals surface area (Å²) in [5, 5.41) is 63.1. The number of esters is 1. The maximum Gasteiger partial charge on any atom is 0.330 e. The fraction of sp³-hybridized carbons (Fsp3) is 0.447. The summed E-state index contributed by atoms with van der Waals surface area (Å²) >= 11 is 0. The van der Waals surface area contributed by atoms with E-state index in [4.69, 9.17) is 42.6 Å². The van der Waals surface area contributed by atoms with Gasteiger partial charge in [-0.15, -0.1) is 0 Å². The van der Waals surface area contributed by atoms with E-state index in [1.54, 1.807) is 30.3 Å². The van der Waals surface area contributed by atoms with E-state index in [1.807, 2.05) is 0 Å². The molecule has 2 heterocycles. The monoisotopic (exact) mass is 758 g/mol. The summed E-state index contributed by atoms with van der Waals surface area (Å²) < 4.78 is 50.1. The van der Waals surface area contributed by atoms with Gasteiger partial charge in [0.1, 0.15) is 31.0 Å². The molecule has 3 aromatic rings. The second-order valence-electron chi connectivity index (χ2n) is 12.7. The zero-order valence-electron chi connectivity index (χ0n) is 30.4. The molecule has 0 unspecified atom stereocenters. The van der Waals surface area contributed by atoms with Gasteiger partial charge in [-0.05, 0) is 71.5 Å². The van der Waals surface area contributed by atoms with Gasteiger partial charge in [-0.25, -0.2) is 4.79 Å². The van der Waals surface area contributed by atoms with E-state index in [-0.39, 0.29) is 65.1 Å². The molecule has 294 valence electrons. The van der Waals surface area contributed by atoms with Crippen LogP contribution >= 0.6 is 0 Å². The van der Waals surface area contributed by atoms with E-state index >= 15 is 0 Å². The van der Waals surface area contributed by atoms with Crippen LogP contribution in [0.15, 0.2) is 48.5 Å². The van der Waals surface area contributed by atoms with Crippen molar-refractivity contribution in [2.75, 3.05) is 55.4 Å². The Kier molecular flexibility index (Phi) is 13.3. The maximum absolute atomic E-state index is 12.5. The molecular formula is C38H46O16. The molecule has 0 spiro atoms. The average Bonchev–Trinajstić information content (AvgIpc) is 3.58. The quantitative estimate of drug-likeness (QED) is 0.0968. The normalized spacial score (nSPS) is 25.3.